The van der Waals surface area contributed by atoms with Gasteiger partial charge in [0.1, 0.15) is 17.4 Å². The summed E-state index contributed by atoms with van der Waals surface area (Å²) in [6.45, 7) is 3.41. The fraction of sp³-hybridized carbons (Fsp3) is 0.154. The summed E-state index contributed by atoms with van der Waals surface area (Å²) in [5, 5.41) is 27.2. The van der Waals surface area contributed by atoms with Crippen LogP contribution in [0.4, 0.5) is 5.69 Å². The Morgan fingerprint density at radius 2 is 2.10 bits per heavy atom. The van der Waals surface area contributed by atoms with Crippen LogP contribution in [-0.2, 0) is 0 Å². The van der Waals surface area contributed by atoms with Gasteiger partial charge in [-0.25, -0.2) is 0 Å². The van der Waals surface area contributed by atoms with Gasteiger partial charge in [0.15, 0.2) is 0 Å². The van der Waals surface area contributed by atoms with Crippen LogP contribution < -0.4 is 4.74 Å². The summed E-state index contributed by atoms with van der Waals surface area (Å²) < 4.78 is 5.48. The number of aryl methyl sites for hydroxylation is 2. The molecule has 7 heteroatoms. The van der Waals surface area contributed by atoms with Gasteiger partial charge in [0.05, 0.1) is 17.2 Å². The zero-order valence-electron chi connectivity index (χ0n) is 10.8. The maximum absolute atomic E-state index is 10.9. The Hall–Kier alpha value is -3.01. The summed E-state index contributed by atoms with van der Waals surface area (Å²) in [4.78, 5) is 10.4. The van der Waals surface area contributed by atoms with Crippen molar-refractivity contribution in [3.05, 3.63) is 51.2 Å². The zero-order chi connectivity index (χ0) is 14.7. The molecule has 0 amide bonds. The third-order valence-electron chi connectivity index (χ3n) is 2.70. The second-order valence-electron chi connectivity index (χ2n) is 4.13. The third-order valence-corrected chi connectivity index (χ3v) is 2.70. The molecule has 1 aromatic heterocycles. The highest BCUT2D eigenvalue weighted by Crippen LogP contribution is 2.31. The topological polar surface area (TPSA) is 102 Å². The van der Waals surface area contributed by atoms with Crippen molar-refractivity contribution in [2.45, 2.75) is 13.8 Å². The predicted octanol–water partition coefficient (Wildman–Crippen LogP) is 2.67. The average Bonchev–Trinajstić information content (AvgIpc) is 2.42. The molecule has 0 aliphatic rings. The quantitative estimate of drug-likeness (QED) is 0.627. The Morgan fingerprint density at radius 3 is 2.75 bits per heavy atom. The number of nitro benzene ring substituents is 1. The minimum atomic E-state index is -0.483. The molecule has 2 rings (SSSR count). The number of nitriles is 1. The smallest absolute Gasteiger partial charge is 0.276 e. The summed E-state index contributed by atoms with van der Waals surface area (Å²) in [7, 11) is 0. The molecule has 0 aliphatic heterocycles. The number of ether oxygens (including phenoxy) is 1. The highest BCUT2D eigenvalue weighted by atomic mass is 16.6. The van der Waals surface area contributed by atoms with Crippen molar-refractivity contribution >= 4 is 5.69 Å². The van der Waals surface area contributed by atoms with Gasteiger partial charge in [-0.05, 0) is 31.5 Å². The molecule has 7 nitrogen and oxygen atoms in total. The molecule has 0 atom stereocenters. The minimum Gasteiger partial charge on any atom is -0.436 e. The lowest BCUT2D eigenvalue weighted by molar-refractivity contribution is -0.385. The van der Waals surface area contributed by atoms with E-state index in [2.05, 4.69) is 10.2 Å². The first kappa shape index (κ1) is 13.4. The first-order chi connectivity index (χ1) is 9.52. The third kappa shape index (κ3) is 2.54. The minimum absolute atomic E-state index is 0.0243. The van der Waals surface area contributed by atoms with Crippen molar-refractivity contribution in [1.29, 1.82) is 5.26 Å². The molecule has 0 unspecified atom stereocenters. The summed E-state index contributed by atoms with van der Waals surface area (Å²) in [6, 6.07) is 6.35. The van der Waals surface area contributed by atoms with E-state index < -0.39 is 4.92 Å². The molecule has 0 saturated carbocycles. The Labute approximate surface area is 114 Å². The van der Waals surface area contributed by atoms with E-state index in [4.69, 9.17) is 10.00 Å². The van der Waals surface area contributed by atoms with Gasteiger partial charge in [-0.15, -0.1) is 5.10 Å². The summed E-state index contributed by atoms with van der Waals surface area (Å²) in [5.41, 5.74) is 1.41. The van der Waals surface area contributed by atoms with Crippen LogP contribution in [0.2, 0.25) is 0 Å². The highest BCUT2D eigenvalue weighted by Gasteiger charge is 2.16. The van der Waals surface area contributed by atoms with Gasteiger partial charge in [-0.3, -0.25) is 10.1 Å². The fourth-order valence-corrected chi connectivity index (χ4v) is 1.71. The van der Waals surface area contributed by atoms with E-state index in [0.29, 0.717) is 11.1 Å². The largest absolute Gasteiger partial charge is 0.436 e. The Balaban J connectivity index is 2.46. The molecule has 0 saturated heterocycles. The van der Waals surface area contributed by atoms with Gasteiger partial charge in [-0.2, -0.15) is 10.4 Å². The fourth-order valence-electron chi connectivity index (χ4n) is 1.71. The molecule has 0 aliphatic carbocycles. The molecule has 2 aromatic rings. The van der Waals surface area contributed by atoms with E-state index in [1.54, 1.807) is 19.9 Å². The Bertz CT molecular complexity index is 722. The maximum Gasteiger partial charge on any atom is 0.276 e. The number of nitro groups is 1. The number of rotatable bonds is 3. The predicted molar refractivity (Wildman–Crippen MR) is 69.4 cm³/mol. The number of hydrogen-bond donors (Lipinski definition) is 0. The molecular weight excluding hydrogens is 260 g/mol. The van der Waals surface area contributed by atoms with Crippen molar-refractivity contribution in [3.8, 4) is 17.7 Å². The van der Waals surface area contributed by atoms with Crippen LogP contribution >= 0.6 is 0 Å². The Morgan fingerprint density at radius 1 is 1.35 bits per heavy atom. The van der Waals surface area contributed by atoms with E-state index >= 15 is 0 Å². The molecule has 100 valence electrons. The molecule has 0 bridgehead atoms. The molecule has 0 radical (unpaired) electrons. The average molecular weight is 270 g/mol. The monoisotopic (exact) mass is 270 g/mol. The van der Waals surface area contributed by atoms with Crippen LogP contribution in [0.5, 0.6) is 11.6 Å². The molecule has 1 aromatic carbocycles. The second kappa shape index (κ2) is 5.32. The van der Waals surface area contributed by atoms with Gasteiger partial charge in [0.25, 0.3) is 11.6 Å². The van der Waals surface area contributed by atoms with Gasteiger partial charge in [-0.1, -0.05) is 0 Å². The standard InChI is InChI=1S/C13H10N4O3/c1-8-5-9(2)12(6-11(8)17(18)19)20-13-10(7-14)3-4-15-16-13/h3-6H,1-2H3. The van der Waals surface area contributed by atoms with Crippen molar-refractivity contribution in [3.63, 3.8) is 0 Å². The first-order valence-electron chi connectivity index (χ1n) is 5.68. The first-order valence-corrected chi connectivity index (χ1v) is 5.68. The van der Waals surface area contributed by atoms with Gasteiger partial charge >= 0.3 is 0 Å². The van der Waals surface area contributed by atoms with Crippen LogP contribution in [0, 0.1) is 35.3 Å². The van der Waals surface area contributed by atoms with E-state index in [-0.39, 0.29) is 22.9 Å². The molecule has 0 spiro atoms. The second-order valence-corrected chi connectivity index (χ2v) is 4.13. The van der Waals surface area contributed by atoms with Crippen LogP contribution in [0.3, 0.4) is 0 Å². The lowest BCUT2D eigenvalue weighted by Gasteiger charge is -2.09. The Kier molecular flexibility index (Phi) is 3.57. The SMILES string of the molecule is Cc1cc(C)c([N+](=O)[O-])cc1Oc1nnccc1C#N. The van der Waals surface area contributed by atoms with E-state index in [0.717, 1.165) is 0 Å². The van der Waals surface area contributed by atoms with Gasteiger partial charge in [0, 0.05) is 5.56 Å². The van der Waals surface area contributed by atoms with Gasteiger partial charge in [0.2, 0.25) is 0 Å². The van der Waals surface area contributed by atoms with E-state index in [1.807, 2.05) is 6.07 Å². The van der Waals surface area contributed by atoms with Crippen molar-refractivity contribution in [1.82, 2.24) is 10.2 Å². The lowest BCUT2D eigenvalue weighted by Crippen LogP contribution is -1.98. The highest BCUT2D eigenvalue weighted by molar-refractivity contribution is 5.51. The van der Waals surface area contributed by atoms with E-state index in [9.17, 15) is 10.1 Å². The zero-order valence-corrected chi connectivity index (χ0v) is 10.8. The molecule has 0 fully saturated rings. The summed E-state index contributed by atoms with van der Waals surface area (Å²) >= 11 is 0. The van der Waals surface area contributed by atoms with Crippen LogP contribution in [-0.4, -0.2) is 15.1 Å². The lowest BCUT2D eigenvalue weighted by atomic mass is 10.1. The van der Waals surface area contributed by atoms with Crippen LogP contribution in [0.1, 0.15) is 16.7 Å². The number of aromatic nitrogens is 2. The van der Waals surface area contributed by atoms with E-state index in [1.165, 1.54) is 18.3 Å². The number of benzene rings is 1. The van der Waals surface area contributed by atoms with Crippen LogP contribution in [0.15, 0.2) is 24.4 Å². The normalized spacial score (nSPS) is 9.85. The van der Waals surface area contributed by atoms with Gasteiger partial charge < -0.3 is 4.74 Å². The molecule has 0 N–H and O–H groups in total. The van der Waals surface area contributed by atoms with Crippen LogP contribution in [0.25, 0.3) is 0 Å². The summed E-state index contributed by atoms with van der Waals surface area (Å²) in [5.74, 6) is 0.301. The summed E-state index contributed by atoms with van der Waals surface area (Å²) in [6.07, 6.45) is 1.37. The van der Waals surface area contributed by atoms with Crippen molar-refractivity contribution < 1.29 is 9.66 Å². The molecule has 1 heterocycles. The number of hydrogen-bond acceptors (Lipinski definition) is 6. The van der Waals surface area contributed by atoms with Crippen molar-refractivity contribution in [2.24, 2.45) is 0 Å². The maximum atomic E-state index is 10.9. The van der Waals surface area contributed by atoms with Crippen molar-refractivity contribution in [2.75, 3.05) is 0 Å². The number of nitrogens with zero attached hydrogens (tertiary/aromatic N) is 4. The molecule has 20 heavy (non-hydrogen) atoms. The molecular formula is C13H10N4O3.